The van der Waals surface area contributed by atoms with Gasteiger partial charge in [-0.15, -0.1) is 0 Å². The Morgan fingerprint density at radius 2 is 2.14 bits per heavy atom. The van der Waals surface area contributed by atoms with Gasteiger partial charge in [-0.25, -0.2) is 0 Å². The molecule has 0 aliphatic carbocycles. The van der Waals surface area contributed by atoms with Crippen molar-refractivity contribution in [3.8, 4) is 0 Å². The van der Waals surface area contributed by atoms with E-state index in [-0.39, 0.29) is 5.76 Å². The Kier molecular flexibility index (Phi) is 1.52. The second kappa shape index (κ2) is 1.99. The van der Waals surface area contributed by atoms with E-state index in [2.05, 4.69) is 0 Å². The van der Waals surface area contributed by atoms with E-state index < -0.39 is 22.9 Å². The van der Waals surface area contributed by atoms with E-state index in [1.165, 1.54) is 0 Å². The molecule has 0 fully saturated rings. The van der Waals surface area contributed by atoms with Gasteiger partial charge < -0.3 is 0 Å². The molecule has 0 aromatic carbocycles. The number of hydrogen-bond acceptors (Lipinski definition) is 2. The average molecular weight is 201 g/mol. The van der Waals surface area contributed by atoms with Crippen LogP contribution in [0.1, 0.15) is 6.42 Å². The summed E-state index contributed by atoms with van der Waals surface area (Å²) in [5.74, 6) is 0.265. The molecule has 0 aromatic rings. The van der Waals surface area contributed by atoms with Crippen molar-refractivity contribution in [2.45, 2.75) is 10.6 Å². The molecule has 7 heavy (non-hydrogen) atoms. The minimum atomic E-state index is -0.782. The Balaban J connectivity index is 2.64. The van der Waals surface area contributed by atoms with Gasteiger partial charge in [0, 0.05) is 0 Å². The summed E-state index contributed by atoms with van der Waals surface area (Å²) in [6, 6.07) is 0. The normalized spacial score (nSPS) is 20.0. The van der Waals surface area contributed by atoms with E-state index in [0.717, 1.165) is 10.6 Å². The van der Waals surface area contributed by atoms with Crippen LogP contribution in [-0.4, -0.2) is 33.1 Å². The molecule has 1 radical (unpaired) electrons. The molecule has 1 heterocycles. The first-order valence-electron chi connectivity index (χ1n) is 2.25. The number of allylic oxidation sites excluding steroid dienone is 1. The fraction of sp³-hybridized carbons (Fsp3) is 0.500. The maximum atomic E-state index is 8.71. The predicted molar refractivity (Wildman–Crippen MR) is 27.5 cm³/mol. The molecule has 0 aromatic heterocycles. The van der Waals surface area contributed by atoms with Crippen LogP contribution in [0.3, 0.4) is 0 Å². The Hall–Kier alpha value is 0.210. The van der Waals surface area contributed by atoms with E-state index in [4.69, 9.17) is 10.2 Å². The number of hydrogen-bond donors (Lipinski definition) is 2. The number of rotatable bonds is 0. The molecule has 0 atom stereocenters. The van der Waals surface area contributed by atoms with Crippen LogP contribution in [-0.2, 0) is 0 Å². The van der Waals surface area contributed by atoms with Crippen molar-refractivity contribution in [1.82, 2.24) is 0 Å². The van der Waals surface area contributed by atoms with Crippen LogP contribution in [0.5, 0.6) is 0 Å². The minimum absolute atomic E-state index is 0.265. The second-order valence-corrected chi connectivity index (χ2v) is 5.95. The maximum absolute atomic E-state index is 8.71. The van der Waals surface area contributed by atoms with Crippen LogP contribution in [0, 0.1) is 0 Å². The molecule has 2 N–H and O–H groups in total. The molecule has 0 bridgehead atoms. The molecule has 1 aliphatic rings. The molecule has 37 valence electrons. The van der Waals surface area contributed by atoms with E-state index in [1.807, 2.05) is 0 Å². The topological polar surface area (TPSA) is 40.5 Å². The van der Waals surface area contributed by atoms with Crippen molar-refractivity contribution in [2.24, 2.45) is 0 Å². The molecule has 0 spiro atoms. The van der Waals surface area contributed by atoms with Crippen molar-refractivity contribution in [3.63, 3.8) is 0 Å². The van der Waals surface area contributed by atoms with Gasteiger partial charge in [0.25, 0.3) is 0 Å². The summed E-state index contributed by atoms with van der Waals surface area (Å²) in [4.78, 5) is 0. The van der Waals surface area contributed by atoms with Crippen molar-refractivity contribution in [1.29, 1.82) is 0 Å². The molecular weight excluding hydrogens is 195 g/mol. The van der Waals surface area contributed by atoms with E-state index in [9.17, 15) is 0 Å². The van der Waals surface area contributed by atoms with E-state index >= 15 is 0 Å². The van der Waals surface area contributed by atoms with Gasteiger partial charge in [-0.3, -0.25) is 0 Å². The second-order valence-electron chi connectivity index (χ2n) is 1.57. The van der Waals surface area contributed by atoms with Crippen LogP contribution < -0.4 is 0 Å². The predicted octanol–water partition coefficient (Wildman–Crippen LogP) is 0.798. The van der Waals surface area contributed by atoms with Gasteiger partial charge in [0.1, 0.15) is 0 Å². The summed E-state index contributed by atoms with van der Waals surface area (Å²) in [5, 5.41) is 17.4. The summed E-state index contributed by atoms with van der Waals surface area (Å²) < 4.78 is 1.46. The van der Waals surface area contributed by atoms with Gasteiger partial charge in [0.05, 0.1) is 0 Å². The molecule has 0 unspecified atom stereocenters. The van der Waals surface area contributed by atoms with E-state index in [1.54, 1.807) is 0 Å². The Bertz CT molecular complexity index is 96.3. The first-order chi connectivity index (χ1) is 3.30. The Labute approximate surface area is 53.2 Å². The third-order valence-corrected chi connectivity index (χ3v) is 4.72. The summed E-state index contributed by atoms with van der Waals surface area (Å²) in [7, 11) is 0. The molecule has 0 saturated carbocycles. The first-order valence-corrected chi connectivity index (χ1v) is 6.23. The average Bonchev–Trinajstić information content (AvgIpc) is 1.91. The molecule has 3 heteroatoms. The zero-order chi connectivity index (χ0) is 5.28. The number of aliphatic hydroxyl groups excluding tert-OH is 2. The van der Waals surface area contributed by atoms with Gasteiger partial charge in [0.2, 0.25) is 0 Å². The van der Waals surface area contributed by atoms with Crippen molar-refractivity contribution in [3.05, 3.63) is 9.27 Å². The Morgan fingerprint density at radius 3 is 2.29 bits per heavy atom. The van der Waals surface area contributed by atoms with Gasteiger partial charge in [0.15, 0.2) is 0 Å². The fourth-order valence-corrected chi connectivity index (χ4v) is 3.65. The first kappa shape index (κ1) is 5.35. The van der Waals surface area contributed by atoms with Crippen LogP contribution in [0.15, 0.2) is 9.27 Å². The molecule has 1 aliphatic heterocycles. The van der Waals surface area contributed by atoms with Crippen LogP contribution >= 0.6 is 0 Å². The molecule has 2 nitrogen and oxygen atoms in total. The SMILES string of the molecule is OC1=[C](O)[In][CH2]C1. The van der Waals surface area contributed by atoms with E-state index in [0.29, 0.717) is 3.52 Å². The molecule has 0 amide bonds. The van der Waals surface area contributed by atoms with Gasteiger partial charge in [-0.2, -0.15) is 0 Å². The zero-order valence-electron chi connectivity index (χ0n) is 3.89. The van der Waals surface area contributed by atoms with Crippen molar-refractivity contribution in [2.75, 3.05) is 0 Å². The van der Waals surface area contributed by atoms with Crippen LogP contribution in [0.25, 0.3) is 0 Å². The third-order valence-electron chi connectivity index (χ3n) is 1.01. The van der Waals surface area contributed by atoms with Crippen molar-refractivity contribution < 1.29 is 10.2 Å². The fourth-order valence-electron chi connectivity index (χ4n) is 0.591. The quantitative estimate of drug-likeness (QED) is 0.608. The van der Waals surface area contributed by atoms with Gasteiger partial charge in [-0.05, 0) is 0 Å². The Morgan fingerprint density at radius 1 is 1.43 bits per heavy atom. The summed E-state index contributed by atoms with van der Waals surface area (Å²) in [5.41, 5.74) is 0. The summed E-state index contributed by atoms with van der Waals surface area (Å²) in [6.45, 7) is 0. The van der Waals surface area contributed by atoms with Crippen LogP contribution in [0.2, 0.25) is 4.18 Å². The van der Waals surface area contributed by atoms with Gasteiger partial charge >= 0.3 is 53.0 Å². The zero-order valence-corrected chi connectivity index (χ0v) is 7.18. The van der Waals surface area contributed by atoms with Crippen molar-refractivity contribution >= 4 is 22.9 Å². The third kappa shape index (κ3) is 1.06. The van der Waals surface area contributed by atoms with Gasteiger partial charge in [-0.1, -0.05) is 0 Å². The molecule has 0 saturated heterocycles. The molecule has 1 rings (SSSR count). The number of aliphatic hydroxyl groups is 2. The standard InChI is InChI=1S/C4H6O2.In/c1-2-4(6)3-5;/h5-6H,1-2H2;. The molecular formula is C4H6InO2. The summed E-state index contributed by atoms with van der Waals surface area (Å²) >= 11 is -0.782. The van der Waals surface area contributed by atoms with Crippen LogP contribution in [0.4, 0.5) is 0 Å². The summed E-state index contributed by atoms with van der Waals surface area (Å²) in [6.07, 6.45) is 0.743. The monoisotopic (exact) mass is 201 g/mol.